The number of rotatable bonds is 18. The number of ether oxygens (including phenoxy) is 2. The Bertz CT molecular complexity index is 957. The first-order chi connectivity index (χ1) is 18.7. The Hall–Kier alpha value is -2.90. The van der Waals surface area contributed by atoms with E-state index in [0.717, 1.165) is 44.9 Å². The predicted molar refractivity (Wildman–Crippen MR) is 158 cm³/mol. The first-order valence-electron chi connectivity index (χ1n) is 14.8. The quantitative estimate of drug-likeness (QED) is 0.137. The fourth-order valence-electron chi connectivity index (χ4n) is 4.22. The van der Waals surface area contributed by atoms with Crippen molar-refractivity contribution >= 4 is 29.5 Å². The molecule has 0 aromatic heterocycles. The minimum absolute atomic E-state index is 0.0315. The lowest BCUT2D eigenvalue weighted by Crippen LogP contribution is -2.25. The Balaban J connectivity index is 2.18. The van der Waals surface area contributed by atoms with Crippen LogP contribution in [0.2, 0.25) is 0 Å². The summed E-state index contributed by atoms with van der Waals surface area (Å²) in [5.74, 6) is -2.15. The Labute approximate surface area is 240 Å². The zero-order valence-electron chi connectivity index (χ0n) is 25.5. The number of unbranched alkanes of at least 4 members (excludes halogenated alkanes) is 11. The summed E-state index contributed by atoms with van der Waals surface area (Å²) in [6.45, 7) is 10.9. The molecule has 8 heteroatoms. The predicted octanol–water partition coefficient (Wildman–Crippen LogP) is 8.08. The van der Waals surface area contributed by atoms with E-state index < -0.39 is 23.1 Å². The summed E-state index contributed by atoms with van der Waals surface area (Å²) in [5.41, 5.74) is -0.910. The first-order valence-corrected chi connectivity index (χ1v) is 14.8. The molecule has 1 amide bonds. The fraction of sp³-hybridized carbons (Fsp3) is 0.688. The molecule has 2 N–H and O–H groups in total. The van der Waals surface area contributed by atoms with E-state index in [1.807, 2.05) is 20.8 Å². The summed E-state index contributed by atoms with van der Waals surface area (Å²) >= 11 is 0. The highest BCUT2D eigenvalue weighted by atomic mass is 16.6. The molecule has 226 valence electrons. The number of carboxylic acid groups (broad SMARTS) is 1. The van der Waals surface area contributed by atoms with Gasteiger partial charge >= 0.3 is 17.9 Å². The van der Waals surface area contributed by atoms with Gasteiger partial charge in [-0.2, -0.15) is 0 Å². The number of amides is 1. The number of aromatic carboxylic acids is 1. The monoisotopic (exact) mass is 561 g/mol. The number of carbonyl (C=O) groups is 4. The van der Waals surface area contributed by atoms with E-state index in [4.69, 9.17) is 9.47 Å². The van der Waals surface area contributed by atoms with E-state index in [1.54, 1.807) is 20.8 Å². The average Bonchev–Trinajstić information content (AvgIpc) is 2.82. The highest BCUT2D eigenvalue weighted by Crippen LogP contribution is 2.22. The van der Waals surface area contributed by atoms with E-state index in [1.165, 1.54) is 50.3 Å². The van der Waals surface area contributed by atoms with Crippen molar-refractivity contribution in [3.05, 3.63) is 29.3 Å². The van der Waals surface area contributed by atoms with E-state index in [0.29, 0.717) is 12.8 Å². The first kappa shape index (κ1) is 35.1. The number of anilines is 1. The van der Waals surface area contributed by atoms with Crippen LogP contribution in [0.3, 0.4) is 0 Å². The number of hydrogen-bond donors (Lipinski definition) is 2. The Kier molecular flexibility index (Phi) is 15.6. The smallest absolute Gasteiger partial charge is 0.340 e. The van der Waals surface area contributed by atoms with Crippen molar-refractivity contribution in [3.8, 4) is 0 Å². The summed E-state index contributed by atoms with van der Waals surface area (Å²) in [4.78, 5) is 48.1. The normalized spacial score (nSPS) is 11.7. The molecule has 40 heavy (non-hydrogen) atoms. The molecule has 0 saturated carbocycles. The molecule has 0 fully saturated rings. The van der Waals surface area contributed by atoms with Crippen molar-refractivity contribution in [2.45, 2.75) is 143 Å². The van der Waals surface area contributed by atoms with Crippen LogP contribution in [0, 0.1) is 0 Å². The average molecular weight is 562 g/mol. The lowest BCUT2D eigenvalue weighted by Gasteiger charge is -2.21. The SMILES string of the molecule is CC(C)(C)OC(=O)CCCCCCCCCCCCCCC(=O)Nc1ccc(C(=O)O)cc1C(=O)OC(C)(C)C. The Morgan fingerprint density at radius 2 is 1.12 bits per heavy atom. The van der Waals surface area contributed by atoms with Gasteiger partial charge in [-0.25, -0.2) is 9.59 Å². The molecule has 1 rings (SSSR count). The highest BCUT2D eigenvalue weighted by Gasteiger charge is 2.22. The van der Waals surface area contributed by atoms with Crippen molar-refractivity contribution < 1.29 is 33.8 Å². The molecule has 0 radical (unpaired) electrons. The second kappa shape index (κ2) is 17.7. The molecule has 0 heterocycles. The molecule has 0 spiro atoms. The Morgan fingerprint density at radius 1 is 0.675 bits per heavy atom. The number of carbonyl (C=O) groups excluding carboxylic acids is 3. The van der Waals surface area contributed by atoms with Gasteiger partial charge in [0, 0.05) is 12.8 Å². The van der Waals surface area contributed by atoms with Crippen LogP contribution in [-0.2, 0) is 19.1 Å². The zero-order chi connectivity index (χ0) is 30.2. The maximum absolute atomic E-state index is 12.6. The Morgan fingerprint density at radius 3 is 1.57 bits per heavy atom. The molecule has 1 aromatic carbocycles. The van der Waals surface area contributed by atoms with Crippen molar-refractivity contribution in [2.75, 3.05) is 5.32 Å². The van der Waals surface area contributed by atoms with E-state index >= 15 is 0 Å². The van der Waals surface area contributed by atoms with Crippen LogP contribution in [0.4, 0.5) is 5.69 Å². The number of hydrogen-bond acceptors (Lipinski definition) is 6. The van der Waals surface area contributed by atoms with Gasteiger partial charge in [0.15, 0.2) is 0 Å². The van der Waals surface area contributed by atoms with Crippen molar-refractivity contribution in [3.63, 3.8) is 0 Å². The zero-order valence-corrected chi connectivity index (χ0v) is 25.5. The third kappa shape index (κ3) is 16.9. The lowest BCUT2D eigenvalue weighted by molar-refractivity contribution is -0.154. The minimum atomic E-state index is -1.16. The van der Waals surface area contributed by atoms with Crippen LogP contribution < -0.4 is 5.32 Å². The van der Waals surface area contributed by atoms with Crippen LogP contribution >= 0.6 is 0 Å². The van der Waals surface area contributed by atoms with Gasteiger partial charge < -0.3 is 19.9 Å². The minimum Gasteiger partial charge on any atom is -0.478 e. The van der Waals surface area contributed by atoms with Gasteiger partial charge in [-0.05, 0) is 72.6 Å². The van der Waals surface area contributed by atoms with Crippen molar-refractivity contribution in [2.24, 2.45) is 0 Å². The van der Waals surface area contributed by atoms with Gasteiger partial charge in [0.25, 0.3) is 0 Å². The molecular formula is C32H51NO7. The number of esters is 2. The molecule has 0 aliphatic rings. The van der Waals surface area contributed by atoms with Gasteiger partial charge in [0.05, 0.1) is 16.8 Å². The van der Waals surface area contributed by atoms with Crippen LogP contribution in [0.15, 0.2) is 18.2 Å². The summed E-state index contributed by atoms with van der Waals surface area (Å²) in [6.07, 6.45) is 14.0. The van der Waals surface area contributed by atoms with Crippen LogP contribution in [0.1, 0.15) is 152 Å². The third-order valence-corrected chi connectivity index (χ3v) is 6.11. The topological polar surface area (TPSA) is 119 Å². The summed E-state index contributed by atoms with van der Waals surface area (Å²) in [5, 5.41) is 12.0. The maximum Gasteiger partial charge on any atom is 0.340 e. The standard InChI is InChI=1S/C32H51NO7/c1-31(2,3)39-28(35)20-18-16-14-12-10-8-7-9-11-13-15-17-19-27(34)33-26-22-21-24(29(36)37)23-25(26)30(38)40-32(4,5)6/h21-23H,7-20H2,1-6H3,(H,33,34)(H,36,37). The summed E-state index contributed by atoms with van der Waals surface area (Å²) in [7, 11) is 0. The third-order valence-electron chi connectivity index (χ3n) is 6.11. The number of carboxylic acids is 1. The van der Waals surface area contributed by atoms with Crippen LogP contribution in [0.5, 0.6) is 0 Å². The van der Waals surface area contributed by atoms with Gasteiger partial charge in [-0.3, -0.25) is 9.59 Å². The number of benzene rings is 1. The summed E-state index contributed by atoms with van der Waals surface area (Å²) in [6, 6.07) is 4.03. The second-order valence-electron chi connectivity index (χ2n) is 12.4. The maximum atomic E-state index is 12.6. The molecule has 8 nitrogen and oxygen atoms in total. The molecule has 0 aliphatic carbocycles. The van der Waals surface area contributed by atoms with Crippen LogP contribution in [-0.4, -0.2) is 40.1 Å². The number of nitrogens with one attached hydrogen (secondary N) is 1. The second-order valence-corrected chi connectivity index (χ2v) is 12.4. The lowest BCUT2D eigenvalue weighted by atomic mass is 10.0. The molecule has 0 bridgehead atoms. The van der Waals surface area contributed by atoms with E-state index in [2.05, 4.69) is 5.32 Å². The molecule has 0 saturated heterocycles. The molecule has 0 atom stereocenters. The fourth-order valence-corrected chi connectivity index (χ4v) is 4.22. The van der Waals surface area contributed by atoms with Gasteiger partial charge in [-0.1, -0.05) is 64.2 Å². The largest absolute Gasteiger partial charge is 0.478 e. The molecule has 0 aliphatic heterocycles. The molecular weight excluding hydrogens is 510 g/mol. The highest BCUT2D eigenvalue weighted by molar-refractivity contribution is 6.03. The molecule has 1 aromatic rings. The summed E-state index contributed by atoms with van der Waals surface area (Å²) < 4.78 is 10.7. The van der Waals surface area contributed by atoms with E-state index in [-0.39, 0.29) is 28.7 Å². The van der Waals surface area contributed by atoms with E-state index in [9.17, 15) is 24.3 Å². The molecule has 0 unspecified atom stereocenters. The van der Waals surface area contributed by atoms with Crippen LogP contribution in [0.25, 0.3) is 0 Å². The van der Waals surface area contributed by atoms with Gasteiger partial charge in [0.2, 0.25) is 5.91 Å². The van der Waals surface area contributed by atoms with Gasteiger partial charge in [0.1, 0.15) is 11.2 Å². The van der Waals surface area contributed by atoms with Gasteiger partial charge in [-0.15, -0.1) is 0 Å². The van der Waals surface area contributed by atoms with Crippen molar-refractivity contribution in [1.29, 1.82) is 0 Å². The van der Waals surface area contributed by atoms with Crippen molar-refractivity contribution in [1.82, 2.24) is 0 Å².